The van der Waals surface area contributed by atoms with Crippen LogP contribution in [0.5, 0.6) is 0 Å². The summed E-state index contributed by atoms with van der Waals surface area (Å²) in [5.41, 5.74) is -1.76. The summed E-state index contributed by atoms with van der Waals surface area (Å²) in [6.07, 6.45) is 0.851. The molecule has 0 aliphatic rings. The molecule has 0 spiro atoms. The molecule has 2 aromatic rings. The molecule has 0 fully saturated rings. The van der Waals surface area contributed by atoms with E-state index in [1.807, 2.05) is 0 Å². The molecule has 0 saturated heterocycles. The van der Waals surface area contributed by atoms with Crippen molar-refractivity contribution < 1.29 is 26.3 Å². The standard InChI is InChI=1S/C11H3F6NS/c12-4-1-3(2-18-11(4)19)5-6(13)8(15)10(17)9(16)7(5)14/h1-2H,(H,18,19). The predicted molar refractivity (Wildman–Crippen MR) is 56.8 cm³/mol. The Morgan fingerprint density at radius 2 is 1.26 bits per heavy atom. The number of rotatable bonds is 1. The number of benzene rings is 1. The zero-order chi connectivity index (χ0) is 14.3. The summed E-state index contributed by atoms with van der Waals surface area (Å²) in [6, 6.07) is 0.580. The molecular weight excluding hydrogens is 292 g/mol. The third-order valence-corrected chi connectivity index (χ3v) is 2.67. The van der Waals surface area contributed by atoms with Gasteiger partial charge in [-0.15, -0.1) is 0 Å². The lowest BCUT2D eigenvalue weighted by atomic mass is 10.1. The van der Waals surface area contributed by atoms with Crippen LogP contribution >= 0.6 is 12.2 Å². The lowest BCUT2D eigenvalue weighted by molar-refractivity contribution is 0.381. The Labute approximate surface area is 107 Å². The van der Waals surface area contributed by atoms with E-state index >= 15 is 0 Å². The van der Waals surface area contributed by atoms with Gasteiger partial charge >= 0.3 is 0 Å². The van der Waals surface area contributed by atoms with Crippen LogP contribution in [0.15, 0.2) is 12.3 Å². The Kier molecular flexibility index (Phi) is 3.36. The summed E-state index contributed by atoms with van der Waals surface area (Å²) < 4.78 is 78.5. The van der Waals surface area contributed by atoms with Gasteiger partial charge in [0.05, 0.1) is 5.56 Å². The maximum atomic E-state index is 13.4. The van der Waals surface area contributed by atoms with E-state index in [9.17, 15) is 26.3 Å². The van der Waals surface area contributed by atoms with Crippen molar-refractivity contribution in [2.45, 2.75) is 0 Å². The molecule has 0 saturated carbocycles. The van der Waals surface area contributed by atoms with E-state index in [2.05, 4.69) is 17.2 Å². The van der Waals surface area contributed by atoms with E-state index in [0.29, 0.717) is 6.07 Å². The molecule has 0 aliphatic carbocycles. The molecule has 0 unspecified atom stereocenters. The van der Waals surface area contributed by atoms with Gasteiger partial charge in [0.1, 0.15) is 4.64 Å². The fraction of sp³-hybridized carbons (Fsp3) is 0. The SMILES string of the molecule is Fc1c(F)c(F)c(-c2c[nH]c(=S)c(F)c2)c(F)c1F. The Morgan fingerprint density at radius 1 is 0.789 bits per heavy atom. The monoisotopic (exact) mass is 295 g/mol. The van der Waals surface area contributed by atoms with E-state index in [-0.39, 0.29) is 4.64 Å². The van der Waals surface area contributed by atoms with E-state index in [1.165, 1.54) is 0 Å². The van der Waals surface area contributed by atoms with E-state index in [0.717, 1.165) is 6.20 Å². The Bertz CT molecular complexity index is 695. The van der Waals surface area contributed by atoms with Crippen LogP contribution < -0.4 is 0 Å². The van der Waals surface area contributed by atoms with Crippen molar-refractivity contribution in [2.24, 2.45) is 0 Å². The highest BCUT2D eigenvalue weighted by Crippen LogP contribution is 2.31. The first-order valence-electron chi connectivity index (χ1n) is 4.74. The molecule has 1 heterocycles. The maximum Gasteiger partial charge on any atom is 0.200 e. The molecule has 0 radical (unpaired) electrons. The molecule has 8 heteroatoms. The third kappa shape index (κ3) is 2.12. The van der Waals surface area contributed by atoms with Gasteiger partial charge in [0.2, 0.25) is 5.82 Å². The third-order valence-electron chi connectivity index (χ3n) is 2.36. The lowest BCUT2D eigenvalue weighted by Gasteiger charge is -2.08. The van der Waals surface area contributed by atoms with Gasteiger partial charge in [-0.1, -0.05) is 12.2 Å². The van der Waals surface area contributed by atoms with Gasteiger partial charge < -0.3 is 4.98 Å². The quantitative estimate of drug-likeness (QED) is 0.360. The van der Waals surface area contributed by atoms with E-state index < -0.39 is 46.0 Å². The van der Waals surface area contributed by atoms with Crippen LogP contribution in [0.2, 0.25) is 0 Å². The lowest BCUT2D eigenvalue weighted by Crippen LogP contribution is -2.04. The topological polar surface area (TPSA) is 15.8 Å². The van der Waals surface area contributed by atoms with Crippen LogP contribution in [0.3, 0.4) is 0 Å². The summed E-state index contributed by atoms with van der Waals surface area (Å²) in [4.78, 5) is 2.14. The second-order valence-corrected chi connectivity index (χ2v) is 3.92. The average molecular weight is 295 g/mol. The smallest absolute Gasteiger partial charge is 0.200 e. The number of pyridine rings is 1. The maximum absolute atomic E-state index is 13.4. The molecule has 100 valence electrons. The molecule has 2 rings (SSSR count). The zero-order valence-corrected chi connectivity index (χ0v) is 9.65. The molecule has 0 bridgehead atoms. The van der Waals surface area contributed by atoms with Crippen LogP contribution in [0, 0.1) is 39.5 Å². The van der Waals surface area contributed by atoms with Gasteiger partial charge in [-0.2, -0.15) is 0 Å². The summed E-state index contributed by atoms with van der Waals surface area (Å²) in [6.45, 7) is 0. The van der Waals surface area contributed by atoms with Crippen molar-refractivity contribution in [2.75, 3.05) is 0 Å². The minimum atomic E-state index is -2.27. The fourth-order valence-electron chi connectivity index (χ4n) is 1.46. The second-order valence-electron chi connectivity index (χ2n) is 3.51. The van der Waals surface area contributed by atoms with Crippen LogP contribution in [-0.2, 0) is 0 Å². The van der Waals surface area contributed by atoms with E-state index in [1.54, 1.807) is 0 Å². The van der Waals surface area contributed by atoms with E-state index in [4.69, 9.17) is 0 Å². The average Bonchev–Trinajstić information content (AvgIpc) is 2.38. The summed E-state index contributed by atoms with van der Waals surface area (Å²) >= 11 is 4.47. The summed E-state index contributed by atoms with van der Waals surface area (Å²) in [5, 5.41) is 0. The molecular formula is C11H3F6NS. The minimum absolute atomic E-state index is 0.354. The number of aromatic nitrogens is 1. The van der Waals surface area contributed by atoms with Crippen molar-refractivity contribution >= 4 is 12.2 Å². The number of aromatic amines is 1. The fourth-order valence-corrected chi connectivity index (χ4v) is 1.58. The van der Waals surface area contributed by atoms with Crippen molar-refractivity contribution in [1.82, 2.24) is 4.98 Å². The van der Waals surface area contributed by atoms with Crippen LogP contribution in [0.25, 0.3) is 11.1 Å². The first-order chi connectivity index (χ1) is 8.84. The number of H-pyrrole nitrogens is 1. The van der Waals surface area contributed by atoms with Gasteiger partial charge in [-0.05, 0) is 6.07 Å². The van der Waals surface area contributed by atoms with Gasteiger partial charge in [-0.25, -0.2) is 26.3 Å². The summed E-state index contributed by atoms with van der Waals surface area (Å²) in [5.74, 6) is -11.6. The van der Waals surface area contributed by atoms with Crippen LogP contribution in [0.4, 0.5) is 26.3 Å². The summed E-state index contributed by atoms with van der Waals surface area (Å²) in [7, 11) is 0. The molecule has 0 aliphatic heterocycles. The molecule has 19 heavy (non-hydrogen) atoms. The molecule has 0 amide bonds. The largest absolute Gasteiger partial charge is 0.350 e. The Morgan fingerprint density at radius 3 is 1.74 bits per heavy atom. The predicted octanol–water partition coefficient (Wildman–Crippen LogP) is 4.25. The molecule has 1 aromatic heterocycles. The highest BCUT2D eigenvalue weighted by atomic mass is 32.1. The van der Waals surface area contributed by atoms with Gasteiger partial charge in [0.15, 0.2) is 29.1 Å². The molecule has 1 nitrogen and oxygen atoms in total. The van der Waals surface area contributed by atoms with Crippen LogP contribution in [0.1, 0.15) is 0 Å². The first-order valence-corrected chi connectivity index (χ1v) is 5.15. The normalized spacial score (nSPS) is 10.8. The van der Waals surface area contributed by atoms with Gasteiger partial charge in [-0.3, -0.25) is 0 Å². The number of hydrogen-bond donors (Lipinski definition) is 1. The minimum Gasteiger partial charge on any atom is -0.350 e. The number of hydrogen-bond acceptors (Lipinski definition) is 1. The Balaban J connectivity index is 2.82. The van der Waals surface area contributed by atoms with Gasteiger partial charge in [0, 0.05) is 11.8 Å². The van der Waals surface area contributed by atoms with Crippen molar-refractivity contribution in [1.29, 1.82) is 0 Å². The van der Waals surface area contributed by atoms with Crippen molar-refractivity contribution in [3.05, 3.63) is 51.8 Å². The van der Waals surface area contributed by atoms with Crippen molar-refractivity contribution in [3.8, 4) is 11.1 Å². The molecule has 0 atom stereocenters. The first kappa shape index (κ1) is 13.6. The zero-order valence-electron chi connectivity index (χ0n) is 8.83. The number of nitrogens with one attached hydrogen (secondary N) is 1. The number of halogens is 6. The highest BCUT2D eigenvalue weighted by Gasteiger charge is 2.26. The van der Waals surface area contributed by atoms with Crippen LogP contribution in [-0.4, -0.2) is 4.98 Å². The second kappa shape index (κ2) is 4.69. The molecule has 1 aromatic carbocycles. The highest BCUT2D eigenvalue weighted by molar-refractivity contribution is 7.71. The van der Waals surface area contributed by atoms with Gasteiger partial charge in [0.25, 0.3) is 0 Å². The Hall–Kier alpha value is -1.83. The van der Waals surface area contributed by atoms with Crippen molar-refractivity contribution in [3.63, 3.8) is 0 Å². The molecule has 1 N–H and O–H groups in total.